The maximum atomic E-state index is 11.9. The van der Waals surface area contributed by atoms with Gasteiger partial charge in [-0.05, 0) is 48.9 Å². The van der Waals surface area contributed by atoms with E-state index in [1.807, 2.05) is 19.1 Å². The molecular formula is C23H20N4O3. The van der Waals surface area contributed by atoms with E-state index in [1.165, 1.54) is 6.07 Å². The number of methoxy groups -OCH3 is 1. The molecular weight excluding hydrogens is 380 g/mol. The summed E-state index contributed by atoms with van der Waals surface area (Å²) in [7, 11) is 1.56. The Morgan fingerprint density at radius 1 is 1.13 bits per heavy atom. The third kappa shape index (κ3) is 4.39. The second-order valence-electron chi connectivity index (χ2n) is 6.57. The van der Waals surface area contributed by atoms with Gasteiger partial charge in [0, 0.05) is 11.1 Å². The molecule has 0 fully saturated rings. The fourth-order valence-electron chi connectivity index (χ4n) is 2.91. The summed E-state index contributed by atoms with van der Waals surface area (Å²) in [6, 6.07) is 19.6. The number of hydrogen-bond acceptors (Lipinski definition) is 6. The molecule has 0 aromatic heterocycles. The molecule has 0 radical (unpaired) electrons. The largest absolute Gasteiger partial charge is 0.497 e. The van der Waals surface area contributed by atoms with Gasteiger partial charge in [-0.15, -0.1) is 0 Å². The molecule has 0 saturated heterocycles. The number of hydrazone groups is 1. The van der Waals surface area contributed by atoms with Crippen molar-refractivity contribution in [2.75, 3.05) is 18.3 Å². The first-order valence-electron chi connectivity index (χ1n) is 9.05. The molecule has 0 aliphatic carbocycles. The Labute approximate surface area is 174 Å². The summed E-state index contributed by atoms with van der Waals surface area (Å²) in [4.78, 5) is 11.9. The maximum Gasteiger partial charge on any atom is 0.356 e. The minimum atomic E-state index is -1.22. The zero-order chi connectivity index (χ0) is 21.7. The quantitative estimate of drug-likeness (QED) is 0.326. The van der Waals surface area contributed by atoms with E-state index >= 15 is 0 Å². The van der Waals surface area contributed by atoms with Gasteiger partial charge in [-0.2, -0.15) is 10.4 Å². The topological polar surface area (TPSA) is 121 Å². The molecule has 3 aromatic rings. The minimum absolute atomic E-state index is 0.171. The van der Waals surface area contributed by atoms with Gasteiger partial charge in [-0.3, -0.25) is 5.43 Å². The number of nitriles is 1. The molecule has 150 valence electrons. The summed E-state index contributed by atoms with van der Waals surface area (Å²) in [5.74, 6) is -0.559. The Bertz CT molecular complexity index is 1140. The lowest BCUT2D eigenvalue weighted by Crippen LogP contribution is -2.17. The van der Waals surface area contributed by atoms with Crippen LogP contribution in [-0.2, 0) is 4.79 Å². The van der Waals surface area contributed by atoms with E-state index in [2.05, 4.69) is 16.6 Å². The number of carbonyl (C=O) groups is 1. The number of nitrogens with one attached hydrogen (secondary N) is 1. The summed E-state index contributed by atoms with van der Waals surface area (Å²) < 4.78 is 5.17. The minimum Gasteiger partial charge on any atom is -0.497 e. The number of nitrogens with zero attached hydrogens (tertiary/aromatic N) is 2. The molecule has 7 nitrogen and oxygen atoms in total. The highest BCUT2D eigenvalue weighted by molar-refractivity contribution is 6.43. The van der Waals surface area contributed by atoms with E-state index in [9.17, 15) is 15.2 Å². The summed E-state index contributed by atoms with van der Waals surface area (Å²) in [5, 5.41) is 23.3. The van der Waals surface area contributed by atoms with Crippen molar-refractivity contribution in [3.05, 3.63) is 77.4 Å². The van der Waals surface area contributed by atoms with Gasteiger partial charge >= 0.3 is 5.97 Å². The second-order valence-corrected chi connectivity index (χ2v) is 6.57. The third-order valence-corrected chi connectivity index (χ3v) is 4.51. The molecule has 0 saturated carbocycles. The van der Waals surface area contributed by atoms with E-state index in [-0.39, 0.29) is 22.5 Å². The number of ether oxygens (including phenoxy) is 1. The van der Waals surface area contributed by atoms with Crippen LogP contribution in [-0.4, -0.2) is 23.9 Å². The van der Waals surface area contributed by atoms with E-state index in [0.29, 0.717) is 22.6 Å². The summed E-state index contributed by atoms with van der Waals surface area (Å²) in [5.41, 5.74) is 12.3. The van der Waals surface area contributed by atoms with Crippen LogP contribution < -0.4 is 15.9 Å². The van der Waals surface area contributed by atoms with E-state index in [0.717, 1.165) is 5.56 Å². The number of rotatable bonds is 6. The average Bonchev–Trinajstić information content (AvgIpc) is 2.74. The predicted octanol–water partition coefficient (Wildman–Crippen LogP) is 4.03. The Hall–Kier alpha value is -4.31. The fourth-order valence-corrected chi connectivity index (χ4v) is 2.91. The lowest BCUT2D eigenvalue weighted by atomic mass is 9.94. The molecule has 3 rings (SSSR count). The molecule has 0 aliphatic heterocycles. The first kappa shape index (κ1) is 20.4. The molecule has 0 aliphatic rings. The zero-order valence-electron chi connectivity index (χ0n) is 16.5. The zero-order valence-corrected chi connectivity index (χ0v) is 16.5. The molecule has 0 heterocycles. The van der Waals surface area contributed by atoms with Crippen molar-refractivity contribution < 1.29 is 14.6 Å². The highest BCUT2D eigenvalue weighted by atomic mass is 16.5. The highest BCUT2D eigenvalue weighted by Gasteiger charge is 2.18. The summed E-state index contributed by atoms with van der Waals surface area (Å²) in [6.45, 7) is 1.95. The molecule has 4 N–H and O–H groups in total. The van der Waals surface area contributed by atoms with Crippen LogP contribution in [0.5, 0.6) is 5.75 Å². The molecule has 0 atom stereocenters. The molecule has 30 heavy (non-hydrogen) atoms. The smallest absolute Gasteiger partial charge is 0.356 e. The fraction of sp³-hybridized carbons (Fsp3) is 0.0870. The normalized spacial score (nSPS) is 10.9. The van der Waals surface area contributed by atoms with Gasteiger partial charge in [-0.25, -0.2) is 4.79 Å². The van der Waals surface area contributed by atoms with Gasteiger partial charge in [0.1, 0.15) is 11.8 Å². The number of anilines is 2. The second kappa shape index (κ2) is 8.80. The van der Waals surface area contributed by atoms with Crippen LogP contribution in [0, 0.1) is 18.3 Å². The van der Waals surface area contributed by atoms with Gasteiger partial charge in [0.2, 0.25) is 0 Å². The summed E-state index contributed by atoms with van der Waals surface area (Å²) >= 11 is 0. The molecule has 3 aromatic carbocycles. The monoisotopic (exact) mass is 400 g/mol. The van der Waals surface area contributed by atoms with Gasteiger partial charge in [0.05, 0.1) is 24.0 Å². The molecule has 0 amide bonds. The Kier molecular flexibility index (Phi) is 5.99. The van der Waals surface area contributed by atoms with E-state index < -0.39 is 5.97 Å². The third-order valence-electron chi connectivity index (χ3n) is 4.51. The number of carboxylic acids is 1. The van der Waals surface area contributed by atoms with Crippen molar-refractivity contribution in [2.45, 2.75) is 6.92 Å². The van der Waals surface area contributed by atoms with Crippen LogP contribution in [0.3, 0.4) is 0 Å². The maximum absolute atomic E-state index is 11.9. The van der Waals surface area contributed by atoms with Crippen LogP contribution in [0.2, 0.25) is 0 Å². The summed E-state index contributed by atoms with van der Waals surface area (Å²) in [6.07, 6.45) is 0. The lowest BCUT2D eigenvalue weighted by Gasteiger charge is -2.12. The van der Waals surface area contributed by atoms with Gasteiger partial charge in [-0.1, -0.05) is 29.8 Å². The molecule has 0 bridgehead atoms. The van der Waals surface area contributed by atoms with Crippen molar-refractivity contribution >= 4 is 23.1 Å². The standard InChI is InChI=1S/C23H20N4O3/c1-14-3-7-17(8-4-14)26-27-22(23(28)29)16-11-19(20(13-24)21(25)12-16)15-5-9-18(30-2)10-6-15/h3-12,26H,25H2,1-2H3,(H,28,29)/b27-22-. The van der Waals surface area contributed by atoms with Crippen molar-refractivity contribution in [3.8, 4) is 22.9 Å². The van der Waals surface area contributed by atoms with Crippen LogP contribution in [0.25, 0.3) is 11.1 Å². The first-order chi connectivity index (χ1) is 14.4. The number of aryl methyl sites for hydroxylation is 1. The lowest BCUT2D eigenvalue weighted by molar-refractivity contribution is -0.129. The van der Waals surface area contributed by atoms with Crippen LogP contribution in [0.1, 0.15) is 16.7 Å². The van der Waals surface area contributed by atoms with Crippen molar-refractivity contribution in [3.63, 3.8) is 0 Å². The number of aliphatic carboxylic acids is 1. The van der Waals surface area contributed by atoms with Crippen LogP contribution >= 0.6 is 0 Å². The molecule has 0 unspecified atom stereocenters. The number of hydrogen-bond donors (Lipinski definition) is 3. The Balaban J connectivity index is 2.07. The predicted molar refractivity (Wildman–Crippen MR) is 117 cm³/mol. The van der Waals surface area contributed by atoms with Crippen LogP contribution in [0.15, 0.2) is 65.8 Å². The van der Waals surface area contributed by atoms with Crippen molar-refractivity contribution in [1.82, 2.24) is 0 Å². The number of carboxylic acid groups (broad SMARTS) is 1. The van der Waals surface area contributed by atoms with Crippen LogP contribution in [0.4, 0.5) is 11.4 Å². The van der Waals surface area contributed by atoms with Crippen molar-refractivity contribution in [2.24, 2.45) is 5.10 Å². The van der Waals surface area contributed by atoms with E-state index in [1.54, 1.807) is 49.6 Å². The van der Waals surface area contributed by atoms with Gasteiger partial charge < -0.3 is 15.6 Å². The molecule has 7 heteroatoms. The average molecular weight is 400 g/mol. The first-order valence-corrected chi connectivity index (χ1v) is 9.05. The number of benzene rings is 3. The number of nitrogen functional groups attached to an aromatic ring is 1. The Morgan fingerprint density at radius 3 is 2.37 bits per heavy atom. The highest BCUT2D eigenvalue weighted by Crippen LogP contribution is 2.30. The SMILES string of the molecule is COc1ccc(-c2cc(/C(=N/Nc3ccc(C)cc3)C(=O)O)cc(N)c2C#N)cc1. The number of nitrogens with two attached hydrogens (primary N) is 1. The van der Waals surface area contributed by atoms with Crippen molar-refractivity contribution in [1.29, 1.82) is 5.26 Å². The van der Waals surface area contributed by atoms with E-state index in [4.69, 9.17) is 10.5 Å². The van der Waals surface area contributed by atoms with Gasteiger partial charge in [0.15, 0.2) is 5.71 Å². The molecule has 0 spiro atoms. The van der Waals surface area contributed by atoms with Gasteiger partial charge in [0.25, 0.3) is 0 Å². The Morgan fingerprint density at radius 2 is 1.80 bits per heavy atom.